The molecule has 0 fully saturated rings. The number of rotatable bonds is 9. The molecule has 0 unspecified atom stereocenters. The zero-order chi connectivity index (χ0) is 38.9. The van der Waals surface area contributed by atoms with Gasteiger partial charge in [0.1, 0.15) is 0 Å². The normalized spacial score (nSPS) is 14.6. The van der Waals surface area contributed by atoms with Gasteiger partial charge in [-0.2, -0.15) is 30.0 Å². The van der Waals surface area contributed by atoms with Crippen LogP contribution in [-0.4, -0.2) is 40.7 Å². The summed E-state index contributed by atoms with van der Waals surface area (Å²) in [6, 6.07) is 54.7. The van der Waals surface area contributed by atoms with Crippen molar-refractivity contribution in [3.05, 3.63) is 197 Å². The Morgan fingerprint density at radius 3 is 0.879 bits per heavy atom. The van der Waals surface area contributed by atoms with Crippen LogP contribution in [0.15, 0.2) is 194 Å². The highest BCUT2D eigenvalue weighted by molar-refractivity contribution is 6.32. The van der Waals surface area contributed by atoms with E-state index in [1.807, 2.05) is 127 Å². The van der Waals surface area contributed by atoms with Crippen LogP contribution in [0.2, 0.25) is 0 Å². The smallest absolute Gasteiger partial charge is 0.246 e. The molecule has 0 amide bonds. The Morgan fingerprint density at radius 2 is 0.569 bits per heavy atom. The van der Waals surface area contributed by atoms with E-state index in [1.54, 1.807) is 4.90 Å². The first-order valence-electron chi connectivity index (χ1n) is 18.8. The van der Waals surface area contributed by atoms with E-state index in [-0.39, 0.29) is 0 Å². The zero-order valence-electron chi connectivity index (χ0n) is 31.2. The zero-order valence-corrected chi connectivity index (χ0v) is 31.2. The first-order chi connectivity index (χ1) is 28.6. The summed E-state index contributed by atoms with van der Waals surface area (Å²) in [6.07, 6.45) is 12.5. The molecule has 278 valence electrons. The third-order valence-corrected chi connectivity index (χ3v) is 9.07. The van der Waals surface area contributed by atoms with Gasteiger partial charge in [0, 0.05) is 17.1 Å². The lowest BCUT2D eigenvalue weighted by molar-refractivity contribution is 0.826. The van der Waals surface area contributed by atoms with Crippen LogP contribution >= 0.6 is 0 Å². The van der Waals surface area contributed by atoms with Gasteiger partial charge in [-0.25, -0.2) is 4.90 Å². The van der Waals surface area contributed by atoms with Crippen LogP contribution in [0.1, 0.15) is 33.4 Å². The van der Waals surface area contributed by atoms with Crippen molar-refractivity contribution in [2.45, 2.75) is 0 Å². The molecule has 0 bridgehead atoms. The van der Waals surface area contributed by atoms with Crippen LogP contribution in [0.4, 0.5) is 17.1 Å². The lowest BCUT2D eigenvalue weighted by Gasteiger charge is -2.30. The van der Waals surface area contributed by atoms with E-state index in [9.17, 15) is 0 Å². The number of anilines is 3. The summed E-state index contributed by atoms with van der Waals surface area (Å²) in [5.74, 6) is 1.92. The molecule has 0 aromatic heterocycles. The second-order valence-corrected chi connectivity index (χ2v) is 13.4. The standard InChI is InChI=1S/C48H36N10/c1-4-13-34(14-5-1)25-28-37-19-10-22-40(31-37)49-43-52-46-54-44(50-41-23-11-20-38(32-41)29-26-35-15-6-2-7-16-35)56-48-57-45(55-47(53-43)58(46)48)51-42-24-12-21-39(33-42)30-27-36-17-8-3-9-18-36/h1-33H,(H3,49,50,51,52,53,54,55,56,57)/b28-25+,29-26+,30-27+. The number of hydrogen-bond donors (Lipinski definition) is 3. The molecule has 3 aliphatic heterocycles. The Kier molecular flexibility index (Phi) is 10.2. The molecule has 0 atom stereocenters. The molecule has 0 saturated heterocycles. The highest BCUT2D eigenvalue weighted by Crippen LogP contribution is 2.23. The van der Waals surface area contributed by atoms with Crippen molar-refractivity contribution < 1.29 is 0 Å². The molecule has 6 aromatic rings. The quantitative estimate of drug-likeness (QED) is 0.128. The van der Waals surface area contributed by atoms with Crippen LogP contribution in [0, 0.1) is 0 Å². The third kappa shape index (κ3) is 8.83. The molecule has 58 heavy (non-hydrogen) atoms. The first kappa shape index (κ1) is 35.5. The van der Waals surface area contributed by atoms with E-state index in [2.05, 4.69) is 88.8 Å². The summed E-state index contributed by atoms with van der Waals surface area (Å²) < 4.78 is 0. The van der Waals surface area contributed by atoms with Gasteiger partial charge < -0.3 is 16.0 Å². The molecule has 3 aliphatic rings. The van der Waals surface area contributed by atoms with Gasteiger partial charge in [-0.15, -0.1) is 0 Å². The van der Waals surface area contributed by atoms with E-state index in [1.165, 1.54) is 0 Å². The highest BCUT2D eigenvalue weighted by Gasteiger charge is 2.35. The fourth-order valence-electron chi connectivity index (χ4n) is 6.27. The predicted molar refractivity (Wildman–Crippen MR) is 243 cm³/mol. The van der Waals surface area contributed by atoms with Gasteiger partial charge in [0.15, 0.2) is 0 Å². The van der Waals surface area contributed by atoms with Gasteiger partial charge in [-0.1, -0.05) is 164 Å². The van der Waals surface area contributed by atoms with Gasteiger partial charge in [0.2, 0.25) is 35.8 Å². The second-order valence-electron chi connectivity index (χ2n) is 13.4. The Bertz CT molecular complexity index is 2440. The van der Waals surface area contributed by atoms with Crippen LogP contribution < -0.4 is 16.0 Å². The molecule has 0 radical (unpaired) electrons. The maximum atomic E-state index is 4.81. The summed E-state index contributed by atoms with van der Waals surface area (Å²) in [5, 5.41) is 10.1. The molecular formula is C48H36N10. The van der Waals surface area contributed by atoms with Crippen molar-refractivity contribution in [1.29, 1.82) is 0 Å². The number of guanidine groups is 6. The van der Waals surface area contributed by atoms with Gasteiger partial charge in [0.25, 0.3) is 0 Å². The van der Waals surface area contributed by atoms with Gasteiger partial charge in [-0.05, 0) is 69.8 Å². The van der Waals surface area contributed by atoms with Crippen molar-refractivity contribution in [2.24, 2.45) is 30.0 Å². The minimum Gasteiger partial charge on any atom is -0.324 e. The Labute approximate surface area is 336 Å². The minimum atomic E-state index is 0.319. The Morgan fingerprint density at radius 1 is 0.293 bits per heavy atom. The number of nitrogens with zero attached hydrogens (tertiary/aromatic N) is 7. The third-order valence-electron chi connectivity index (χ3n) is 9.07. The highest BCUT2D eigenvalue weighted by atomic mass is 15.5. The summed E-state index contributed by atoms with van der Waals surface area (Å²) >= 11 is 0. The number of aliphatic imine (C=N–C) groups is 6. The van der Waals surface area contributed by atoms with Crippen LogP contribution in [0.5, 0.6) is 0 Å². The average molecular weight is 753 g/mol. The maximum absolute atomic E-state index is 4.81. The number of hydrogen-bond acceptors (Lipinski definition) is 10. The summed E-state index contributed by atoms with van der Waals surface area (Å²) in [6.45, 7) is 0. The summed E-state index contributed by atoms with van der Waals surface area (Å²) in [5.41, 5.74) is 8.84. The molecule has 0 saturated carbocycles. The van der Waals surface area contributed by atoms with Crippen LogP contribution in [0.25, 0.3) is 36.5 Å². The monoisotopic (exact) mass is 752 g/mol. The minimum absolute atomic E-state index is 0.319. The maximum Gasteiger partial charge on any atom is 0.246 e. The van der Waals surface area contributed by atoms with Crippen molar-refractivity contribution in [3.8, 4) is 0 Å². The molecular weight excluding hydrogens is 717 g/mol. The first-order valence-corrected chi connectivity index (χ1v) is 18.8. The summed E-state index contributed by atoms with van der Waals surface area (Å²) in [7, 11) is 0. The lowest BCUT2D eigenvalue weighted by Crippen LogP contribution is -2.49. The molecule has 9 rings (SSSR count). The second kappa shape index (κ2) is 16.6. The van der Waals surface area contributed by atoms with E-state index in [0.717, 1.165) is 50.4 Å². The number of nitrogens with one attached hydrogen (secondary N) is 3. The molecule has 0 aliphatic carbocycles. The number of benzene rings is 6. The SMILES string of the molecule is C(=C\c1cccc(NC2=NC3=NC(Nc4cccc(/C=C/c5ccccc5)c4)=NC4=NC(Nc5cccc(/C=C/c6ccccc6)c5)=NC(=N2)N34)c1)/c1ccccc1. The van der Waals surface area contributed by atoms with Gasteiger partial charge in [0.05, 0.1) is 0 Å². The Balaban J connectivity index is 1.01. The van der Waals surface area contributed by atoms with E-state index in [0.29, 0.717) is 35.8 Å². The van der Waals surface area contributed by atoms with E-state index >= 15 is 0 Å². The van der Waals surface area contributed by atoms with Gasteiger partial charge in [-0.3, -0.25) is 0 Å². The molecule has 3 heterocycles. The predicted octanol–water partition coefficient (Wildman–Crippen LogP) is 10.3. The van der Waals surface area contributed by atoms with Gasteiger partial charge >= 0.3 is 0 Å². The fourth-order valence-corrected chi connectivity index (χ4v) is 6.27. The average Bonchev–Trinajstić information content (AvgIpc) is 3.25. The largest absolute Gasteiger partial charge is 0.324 e. The van der Waals surface area contributed by atoms with Crippen LogP contribution in [0.3, 0.4) is 0 Å². The van der Waals surface area contributed by atoms with Crippen molar-refractivity contribution in [3.63, 3.8) is 0 Å². The lowest BCUT2D eigenvalue weighted by atomic mass is 10.1. The molecule has 0 spiro atoms. The van der Waals surface area contributed by atoms with Crippen molar-refractivity contribution >= 4 is 89.3 Å². The summed E-state index contributed by atoms with van der Waals surface area (Å²) in [4.78, 5) is 30.5. The fraction of sp³-hybridized carbons (Fsp3) is 0. The topological polar surface area (TPSA) is 113 Å². The molecule has 10 heteroatoms. The van der Waals surface area contributed by atoms with E-state index < -0.39 is 0 Å². The van der Waals surface area contributed by atoms with E-state index in [4.69, 9.17) is 30.0 Å². The molecule has 6 aromatic carbocycles. The molecule has 10 nitrogen and oxygen atoms in total. The van der Waals surface area contributed by atoms with Crippen molar-refractivity contribution in [1.82, 2.24) is 4.90 Å². The van der Waals surface area contributed by atoms with Crippen molar-refractivity contribution in [2.75, 3.05) is 16.0 Å². The van der Waals surface area contributed by atoms with Crippen LogP contribution in [-0.2, 0) is 0 Å². The molecule has 3 N–H and O–H groups in total. The Hall–Kier alpha value is -8.24.